The van der Waals surface area contributed by atoms with Gasteiger partial charge in [-0.05, 0) is 24.3 Å². The number of hydrogen-bond acceptors (Lipinski definition) is 2. The monoisotopic (exact) mass is 410 g/mol. The number of anilines is 1. The van der Waals surface area contributed by atoms with Crippen molar-refractivity contribution in [3.05, 3.63) is 63.6 Å². The van der Waals surface area contributed by atoms with Gasteiger partial charge in [0, 0.05) is 10.0 Å². The van der Waals surface area contributed by atoms with Gasteiger partial charge >= 0.3 is 12.4 Å². The minimum absolute atomic E-state index is 0.396. The zero-order chi connectivity index (χ0) is 18.0. The number of nitrogens with one attached hydrogen (secondary N) is 1. The maximum Gasteiger partial charge on any atom is 0.417 e. The number of hydrazone groups is 1. The Kier molecular flexibility index (Phi) is 5.22. The van der Waals surface area contributed by atoms with Gasteiger partial charge in [-0.3, -0.25) is 5.43 Å². The van der Waals surface area contributed by atoms with Gasteiger partial charge in [-0.1, -0.05) is 34.1 Å². The van der Waals surface area contributed by atoms with E-state index in [0.29, 0.717) is 24.0 Å². The summed E-state index contributed by atoms with van der Waals surface area (Å²) in [5, 5.41) is 3.58. The second kappa shape index (κ2) is 6.84. The summed E-state index contributed by atoms with van der Waals surface area (Å²) in [5.41, 5.74) is -0.190. The summed E-state index contributed by atoms with van der Waals surface area (Å²) < 4.78 is 77.0. The Bertz CT molecular complexity index is 738. The maximum absolute atomic E-state index is 13.0. The summed E-state index contributed by atoms with van der Waals surface area (Å²) in [6.07, 6.45) is -8.91. The lowest BCUT2D eigenvalue weighted by Gasteiger charge is -2.15. The van der Waals surface area contributed by atoms with E-state index in [1.807, 2.05) is 0 Å². The number of halogens is 7. The molecule has 0 amide bonds. The van der Waals surface area contributed by atoms with Crippen molar-refractivity contribution in [1.29, 1.82) is 0 Å². The van der Waals surface area contributed by atoms with E-state index < -0.39 is 33.5 Å². The second-order valence-corrected chi connectivity index (χ2v) is 5.51. The average molecular weight is 411 g/mol. The SMILES string of the molecule is FC(F)(F)c1cc(C=NNc2ccccc2)c(C(F)(F)F)cc1Br. The van der Waals surface area contributed by atoms with Crippen molar-refractivity contribution in [2.24, 2.45) is 5.10 Å². The quantitative estimate of drug-likeness (QED) is 0.378. The fourth-order valence-corrected chi connectivity index (χ4v) is 2.42. The van der Waals surface area contributed by atoms with Gasteiger partial charge in [0.2, 0.25) is 0 Å². The van der Waals surface area contributed by atoms with Crippen molar-refractivity contribution in [3.63, 3.8) is 0 Å². The molecule has 0 fully saturated rings. The summed E-state index contributed by atoms with van der Waals surface area (Å²) >= 11 is 2.53. The first-order chi connectivity index (χ1) is 11.1. The highest BCUT2D eigenvalue weighted by Crippen LogP contribution is 2.40. The summed E-state index contributed by atoms with van der Waals surface area (Å²) in [7, 11) is 0. The molecular formula is C15H9BrF6N2. The molecule has 0 aromatic heterocycles. The van der Waals surface area contributed by atoms with E-state index in [-0.39, 0.29) is 0 Å². The Hall–Kier alpha value is -2.03. The lowest BCUT2D eigenvalue weighted by atomic mass is 10.0. The van der Waals surface area contributed by atoms with Crippen LogP contribution < -0.4 is 5.43 Å². The standard InChI is InChI=1S/C15H9BrF6N2/c16-13-7-11(14(17,18)19)9(6-12(13)15(20,21)22)8-23-24-10-4-2-1-3-5-10/h1-8,24H. The predicted molar refractivity (Wildman–Crippen MR) is 81.8 cm³/mol. The first kappa shape index (κ1) is 18.3. The van der Waals surface area contributed by atoms with Crippen LogP contribution in [0.1, 0.15) is 16.7 Å². The van der Waals surface area contributed by atoms with E-state index in [2.05, 4.69) is 26.5 Å². The first-order valence-corrected chi connectivity index (χ1v) is 7.20. The summed E-state index contributed by atoms with van der Waals surface area (Å²) in [5.74, 6) is 0. The van der Waals surface area contributed by atoms with Gasteiger partial charge in [-0.2, -0.15) is 31.4 Å². The van der Waals surface area contributed by atoms with E-state index >= 15 is 0 Å². The van der Waals surface area contributed by atoms with E-state index in [0.717, 1.165) is 0 Å². The Morgan fingerprint density at radius 1 is 0.875 bits per heavy atom. The Morgan fingerprint density at radius 3 is 2.00 bits per heavy atom. The third kappa shape index (κ3) is 4.50. The van der Waals surface area contributed by atoms with Crippen LogP contribution >= 0.6 is 15.9 Å². The van der Waals surface area contributed by atoms with Gasteiger partial charge in [0.15, 0.2) is 0 Å². The number of hydrogen-bond donors (Lipinski definition) is 1. The molecule has 2 aromatic carbocycles. The average Bonchev–Trinajstić information content (AvgIpc) is 2.47. The van der Waals surface area contributed by atoms with Crippen LogP contribution in [0.5, 0.6) is 0 Å². The molecule has 2 rings (SSSR count). The van der Waals surface area contributed by atoms with Crippen molar-refractivity contribution in [3.8, 4) is 0 Å². The Labute approximate surface area is 141 Å². The summed E-state index contributed by atoms with van der Waals surface area (Å²) in [4.78, 5) is 0. The van der Waals surface area contributed by atoms with Crippen molar-refractivity contribution in [1.82, 2.24) is 0 Å². The van der Waals surface area contributed by atoms with Crippen LogP contribution in [0.4, 0.5) is 32.0 Å². The van der Waals surface area contributed by atoms with Gasteiger partial charge in [-0.15, -0.1) is 0 Å². The zero-order valence-corrected chi connectivity index (χ0v) is 13.3. The van der Waals surface area contributed by atoms with Gasteiger partial charge in [0.05, 0.1) is 23.0 Å². The first-order valence-electron chi connectivity index (χ1n) is 6.41. The maximum atomic E-state index is 13.0. The van der Waals surface area contributed by atoms with Crippen molar-refractivity contribution in [2.45, 2.75) is 12.4 Å². The molecule has 0 saturated heterocycles. The van der Waals surface area contributed by atoms with E-state index in [1.165, 1.54) is 0 Å². The zero-order valence-electron chi connectivity index (χ0n) is 11.7. The van der Waals surface area contributed by atoms with Crippen molar-refractivity contribution < 1.29 is 26.3 Å². The normalized spacial score (nSPS) is 12.6. The molecule has 128 valence electrons. The van der Waals surface area contributed by atoms with E-state index in [9.17, 15) is 26.3 Å². The molecule has 1 N–H and O–H groups in total. The number of rotatable bonds is 3. The van der Waals surface area contributed by atoms with Crippen LogP contribution in [0.2, 0.25) is 0 Å². The molecule has 0 aliphatic heterocycles. The topological polar surface area (TPSA) is 24.4 Å². The van der Waals surface area contributed by atoms with Crippen LogP contribution in [0.3, 0.4) is 0 Å². The molecule has 9 heteroatoms. The van der Waals surface area contributed by atoms with Gasteiger partial charge in [0.1, 0.15) is 0 Å². The fraction of sp³-hybridized carbons (Fsp3) is 0.133. The molecule has 0 saturated carbocycles. The Balaban J connectivity index is 2.42. The third-order valence-electron chi connectivity index (χ3n) is 2.92. The molecular weight excluding hydrogens is 402 g/mol. The fourth-order valence-electron chi connectivity index (χ4n) is 1.85. The van der Waals surface area contributed by atoms with Gasteiger partial charge in [0.25, 0.3) is 0 Å². The molecule has 2 nitrogen and oxygen atoms in total. The number of alkyl halides is 6. The summed E-state index contributed by atoms with van der Waals surface area (Å²) in [6.45, 7) is 0. The highest BCUT2D eigenvalue weighted by atomic mass is 79.9. The van der Waals surface area contributed by atoms with Crippen LogP contribution in [-0.2, 0) is 12.4 Å². The molecule has 0 atom stereocenters. The molecule has 0 spiro atoms. The Morgan fingerprint density at radius 2 is 1.46 bits per heavy atom. The van der Waals surface area contributed by atoms with Crippen LogP contribution in [0.25, 0.3) is 0 Å². The molecule has 0 unspecified atom stereocenters. The second-order valence-electron chi connectivity index (χ2n) is 4.65. The van der Waals surface area contributed by atoms with Gasteiger partial charge < -0.3 is 0 Å². The minimum atomic E-state index is -4.82. The predicted octanol–water partition coefficient (Wildman–Crippen LogP) is 5.93. The number of para-hydroxylation sites is 1. The lowest BCUT2D eigenvalue weighted by molar-refractivity contribution is -0.141. The van der Waals surface area contributed by atoms with Crippen LogP contribution in [0, 0.1) is 0 Å². The van der Waals surface area contributed by atoms with E-state index in [4.69, 9.17) is 0 Å². The molecule has 2 aromatic rings. The molecule has 0 bridgehead atoms. The summed E-state index contributed by atoms with van der Waals surface area (Å²) in [6, 6.07) is 9.06. The van der Waals surface area contributed by atoms with Crippen molar-refractivity contribution >= 4 is 27.8 Å². The number of benzene rings is 2. The third-order valence-corrected chi connectivity index (χ3v) is 3.58. The molecule has 24 heavy (non-hydrogen) atoms. The highest BCUT2D eigenvalue weighted by molar-refractivity contribution is 9.10. The number of nitrogens with zero attached hydrogens (tertiary/aromatic N) is 1. The smallest absolute Gasteiger partial charge is 0.279 e. The molecule has 0 heterocycles. The molecule has 0 aliphatic carbocycles. The largest absolute Gasteiger partial charge is 0.417 e. The molecule has 0 radical (unpaired) electrons. The minimum Gasteiger partial charge on any atom is -0.279 e. The lowest BCUT2D eigenvalue weighted by Crippen LogP contribution is -2.14. The highest BCUT2D eigenvalue weighted by Gasteiger charge is 2.38. The van der Waals surface area contributed by atoms with Crippen molar-refractivity contribution in [2.75, 3.05) is 5.43 Å². The van der Waals surface area contributed by atoms with Crippen LogP contribution in [0.15, 0.2) is 52.0 Å². The van der Waals surface area contributed by atoms with Gasteiger partial charge in [-0.25, -0.2) is 0 Å². The van der Waals surface area contributed by atoms with E-state index in [1.54, 1.807) is 30.3 Å². The molecule has 0 aliphatic rings. The van der Waals surface area contributed by atoms with Crippen LogP contribution in [-0.4, -0.2) is 6.21 Å².